The molecule has 1 aliphatic heterocycles. The fourth-order valence-corrected chi connectivity index (χ4v) is 3.46. The van der Waals surface area contributed by atoms with Gasteiger partial charge in [0.15, 0.2) is 12.4 Å². The van der Waals surface area contributed by atoms with Crippen molar-refractivity contribution in [3.63, 3.8) is 0 Å². The number of hydrogen-bond donors (Lipinski definition) is 1. The second kappa shape index (κ2) is 11.0. The molecule has 1 aliphatic rings. The van der Waals surface area contributed by atoms with E-state index >= 15 is 0 Å². The van der Waals surface area contributed by atoms with E-state index in [1.54, 1.807) is 23.1 Å². The summed E-state index contributed by atoms with van der Waals surface area (Å²) in [6, 6.07) is 14.6. The summed E-state index contributed by atoms with van der Waals surface area (Å²) in [6.07, 6.45) is 0.546. The molecule has 1 N–H and O–H groups in total. The van der Waals surface area contributed by atoms with Gasteiger partial charge in [-0.2, -0.15) is 0 Å². The molecule has 0 aromatic heterocycles. The van der Waals surface area contributed by atoms with Gasteiger partial charge in [-0.15, -0.1) is 0 Å². The Morgan fingerprint density at radius 3 is 2.29 bits per heavy atom. The minimum Gasteiger partial charge on any atom is -0.455 e. The number of likely N-dealkylation sites (tertiary alicyclic amines) is 1. The molecule has 2 aromatic rings. The third-order valence-electron chi connectivity index (χ3n) is 5.24. The lowest BCUT2D eigenvalue weighted by Gasteiger charge is -2.32. The Kier molecular flexibility index (Phi) is 8.15. The maximum Gasteiger partial charge on any atom is 0.410 e. The smallest absolute Gasteiger partial charge is 0.410 e. The van der Waals surface area contributed by atoms with Crippen LogP contribution < -0.4 is 10.1 Å². The second-order valence-corrected chi connectivity index (χ2v) is 9.31. The van der Waals surface area contributed by atoms with Crippen LogP contribution in [-0.4, -0.2) is 48.2 Å². The Bertz CT molecular complexity index is 1000. The van der Waals surface area contributed by atoms with Crippen molar-refractivity contribution >= 4 is 23.7 Å². The number of esters is 1. The fourth-order valence-electron chi connectivity index (χ4n) is 3.46. The van der Waals surface area contributed by atoms with Crippen molar-refractivity contribution in [2.75, 3.05) is 25.0 Å². The number of piperidine rings is 1. The second-order valence-electron chi connectivity index (χ2n) is 9.31. The van der Waals surface area contributed by atoms with Crippen molar-refractivity contribution < 1.29 is 28.6 Å². The minimum absolute atomic E-state index is 0.358. The monoisotopic (exact) mass is 468 g/mol. The summed E-state index contributed by atoms with van der Waals surface area (Å²) in [5.41, 5.74) is 1.03. The lowest BCUT2D eigenvalue weighted by Crippen LogP contribution is -2.43. The average molecular weight is 469 g/mol. The molecule has 0 spiro atoms. The number of rotatable bonds is 6. The van der Waals surface area contributed by atoms with E-state index in [9.17, 15) is 14.4 Å². The number of nitrogens with zero attached hydrogens (tertiary/aromatic N) is 1. The molecule has 0 radical (unpaired) electrons. The zero-order valence-corrected chi connectivity index (χ0v) is 20.1. The van der Waals surface area contributed by atoms with Crippen LogP contribution in [0, 0.1) is 12.8 Å². The molecule has 1 saturated heterocycles. The van der Waals surface area contributed by atoms with E-state index in [0.717, 1.165) is 5.56 Å². The number of anilines is 1. The average Bonchev–Trinajstić information content (AvgIpc) is 2.79. The third kappa shape index (κ3) is 7.50. The molecular weight excluding hydrogens is 436 g/mol. The van der Waals surface area contributed by atoms with Gasteiger partial charge in [-0.25, -0.2) is 4.79 Å². The first-order valence-electron chi connectivity index (χ1n) is 11.4. The van der Waals surface area contributed by atoms with Crippen LogP contribution in [0.15, 0.2) is 48.5 Å². The van der Waals surface area contributed by atoms with Crippen LogP contribution in [0.4, 0.5) is 10.5 Å². The Balaban J connectivity index is 1.46. The van der Waals surface area contributed by atoms with Crippen LogP contribution in [0.2, 0.25) is 0 Å². The standard InChI is InChI=1S/C26H32N2O6/c1-18-9-11-20(12-10-18)33-22-8-6-5-7-21(22)27-23(29)17-32-24(30)19-13-15-28(16-14-19)25(31)34-26(2,3)4/h5-12,19H,13-17H2,1-4H3,(H,27,29). The number of carbonyl (C=O) groups is 3. The molecule has 34 heavy (non-hydrogen) atoms. The third-order valence-corrected chi connectivity index (χ3v) is 5.24. The molecule has 2 aromatic carbocycles. The lowest BCUT2D eigenvalue weighted by molar-refractivity contribution is -0.153. The Labute approximate surface area is 200 Å². The zero-order valence-electron chi connectivity index (χ0n) is 20.1. The molecule has 2 amide bonds. The van der Waals surface area contributed by atoms with Crippen LogP contribution in [0.5, 0.6) is 11.5 Å². The van der Waals surface area contributed by atoms with Gasteiger partial charge in [-0.3, -0.25) is 9.59 Å². The lowest BCUT2D eigenvalue weighted by atomic mass is 9.97. The minimum atomic E-state index is -0.565. The fraction of sp³-hybridized carbons (Fsp3) is 0.423. The van der Waals surface area contributed by atoms with E-state index in [2.05, 4.69) is 5.32 Å². The molecule has 8 nitrogen and oxygen atoms in total. The van der Waals surface area contributed by atoms with Gasteiger partial charge in [-0.1, -0.05) is 29.8 Å². The van der Waals surface area contributed by atoms with Crippen LogP contribution in [-0.2, 0) is 19.1 Å². The number of para-hydroxylation sites is 2. The largest absolute Gasteiger partial charge is 0.455 e. The molecule has 8 heteroatoms. The number of nitrogens with one attached hydrogen (secondary N) is 1. The van der Waals surface area contributed by atoms with Crippen LogP contribution >= 0.6 is 0 Å². The normalized spacial score (nSPS) is 14.3. The van der Waals surface area contributed by atoms with Gasteiger partial charge in [0.25, 0.3) is 5.91 Å². The predicted octanol–water partition coefficient (Wildman–Crippen LogP) is 4.92. The van der Waals surface area contributed by atoms with E-state index < -0.39 is 24.1 Å². The van der Waals surface area contributed by atoms with Gasteiger partial charge in [0.05, 0.1) is 11.6 Å². The van der Waals surface area contributed by atoms with Crippen molar-refractivity contribution in [2.45, 2.75) is 46.1 Å². The van der Waals surface area contributed by atoms with Gasteiger partial charge in [0.2, 0.25) is 0 Å². The van der Waals surface area contributed by atoms with Crippen LogP contribution in [0.25, 0.3) is 0 Å². The van der Waals surface area contributed by atoms with E-state index in [0.29, 0.717) is 43.1 Å². The summed E-state index contributed by atoms with van der Waals surface area (Å²) in [4.78, 5) is 38.6. The molecule has 0 unspecified atom stereocenters. The first kappa shape index (κ1) is 25.1. The molecular formula is C26H32N2O6. The van der Waals surface area contributed by atoms with Crippen LogP contribution in [0.3, 0.4) is 0 Å². The highest BCUT2D eigenvalue weighted by Crippen LogP contribution is 2.29. The molecule has 1 fully saturated rings. The zero-order chi connectivity index (χ0) is 24.7. The predicted molar refractivity (Wildman–Crippen MR) is 128 cm³/mol. The van der Waals surface area contributed by atoms with Gasteiger partial charge in [0, 0.05) is 13.1 Å². The van der Waals surface area contributed by atoms with Crippen molar-refractivity contribution in [1.82, 2.24) is 4.90 Å². The quantitative estimate of drug-likeness (QED) is 0.605. The first-order chi connectivity index (χ1) is 16.1. The van der Waals surface area contributed by atoms with Gasteiger partial charge in [-0.05, 0) is 64.8 Å². The summed E-state index contributed by atoms with van der Waals surface area (Å²) < 4.78 is 16.5. The Morgan fingerprint density at radius 1 is 1.00 bits per heavy atom. The van der Waals surface area contributed by atoms with Crippen LogP contribution in [0.1, 0.15) is 39.2 Å². The van der Waals surface area contributed by atoms with Gasteiger partial charge in [0.1, 0.15) is 11.4 Å². The molecule has 3 rings (SSSR count). The number of carbonyl (C=O) groups excluding carboxylic acids is 3. The van der Waals surface area contributed by atoms with E-state index in [4.69, 9.17) is 14.2 Å². The van der Waals surface area contributed by atoms with Crippen molar-refractivity contribution in [1.29, 1.82) is 0 Å². The van der Waals surface area contributed by atoms with Crippen molar-refractivity contribution in [2.24, 2.45) is 5.92 Å². The first-order valence-corrected chi connectivity index (χ1v) is 11.4. The molecule has 182 valence electrons. The topological polar surface area (TPSA) is 94.2 Å². The Morgan fingerprint density at radius 2 is 1.65 bits per heavy atom. The molecule has 0 aliphatic carbocycles. The van der Waals surface area contributed by atoms with Crippen molar-refractivity contribution in [3.8, 4) is 11.5 Å². The SMILES string of the molecule is Cc1ccc(Oc2ccccc2NC(=O)COC(=O)C2CCN(C(=O)OC(C)(C)C)CC2)cc1. The summed E-state index contributed by atoms with van der Waals surface area (Å²) >= 11 is 0. The maximum absolute atomic E-state index is 12.4. The van der Waals surface area contributed by atoms with Crippen molar-refractivity contribution in [3.05, 3.63) is 54.1 Å². The van der Waals surface area contributed by atoms with Gasteiger partial charge >= 0.3 is 12.1 Å². The van der Waals surface area contributed by atoms with E-state index in [-0.39, 0.29) is 12.0 Å². The Hall–Kier alpha value is -3.55. The summed E-state index contributed by atoms with van der Waals surface area (Å²) in [6.45, 7) is 7.84. The maximum atomic E-state index is 12.4. The van der Waals surface area contributed by atoms with E-state index in [1.165, 1.54) is 0 Å². The number of benzene rings is 2. The number of amides is 2. The molecule has 1 heterocycles. The summed E-state index contributed by atoms with van der Waals surface area (Å²) in [5.74, 6) is -0.122. The number of ether oxygens (including phenoxy) is 3. The highest BCUT2D eigenvalue weighted by molar-refractivity contribution is 5.94. The molecule has 0 saturated carbocycles. The highest BCUT2D eigenvalue weighted by Gasteiger charge is 2.31. The van der Waals surface area contributed by atoms with E-state index in [1.807, 2.05) is 58.0 Å². The summed E-state index contributed by atoms with van der Waals surface area (Å²) in [5, 5.41) is 2.73. The summed E-state index contributed by atoms with van der Waals surface area (Å²) in [7, 11) is 0. The molecule has 0 bridgehead atoms. The molecule has 0 atom stereocenters. The van der Waals surface area contributed by atoms with Gasteiger partial charge < -0.3 is 24.4 Å². The highest BCUT2D eigenvalue weighted by atomic mass is 16.6. The number of aryl methyl sites for hydroxylation is 1. The number of hydrogen-bond acceptors (Lipinski definition) is 6.